The zero-order valence-electron chi connectivity index (χ0n) is 10.6. The summed E-state index contributed by atoms with van der Waals surface area (Å²) in [6.45, 7) is 0.938. The van der Waals surface area contributed by atoms with Gasteiger partial charge in [0.05, 0.1) is 23.8 Å². The average molecular weight is 247 g/mol. The molecular formula is C13H17N3O2. The van der Waals surface area contributed by atoms with Crippen LogP contribution in [0.25, 0.3) is 11.0 Å². The van der Waals surface area contributed by atoms with Crippen molar-refractivity contribution in [2.75, 3.05) is 13.6 Å². The maximum atomic E-state index is 11.4. The summed E-state index contributed by atoms with van der Waals surface area (Å²) in [4.78, 5) is 15.6. The van der Waals surface area contributed by atoms with Crippen molar-refractivity contribution in [2.24, 2.45) is 7.05 Å². The standard InChI is InChI=1S/C13H17N3O2/c1-14-6-5-13(17)18-8-10-3-4-12-11(7-10)15-9-16(12)2/h3-4,7,9,14H,5-6,8H2,1-2H3. The van der Waals surface area contributed by atoms with E-state index in [1.165, 1.54) is 0 Å². The van der Waals surface area contributed by atoms with Crippen LogP contribution < -0.4 is 5.32 Å². The fraction of sp³-hybridized carbons (Fsp3) is 0.385. The molecule has 96 valence electrons. The Morgan fingerprint density at radius 2 is 2.33 bits per heavy atom. The molecule has 0 atom stereocenters. The number of hydrogen-bond acceptors (Lipinski definition) is 4. The van der Waals surface area contributed by atoms with Crippen molar-refractivity contribution in [1.82, 2.24) is 14.9 Å². The Morgan fingerprint density at radius 3 is 3.11 bits per heavy atom. The monoisotopic (exact) mass is 247 g/mol. The number of aromatic nitrogens is 2. The molecule has 0 aliphatic rings. The van der Waals surface area contributed by atoms with Crippen molar-refractivity contribution < 1.29 is 9.53 Å². The number of aryl methyl sites for hydroxylation is 1. The number of fused-ring (bicyclic) bond motifs is 1. The number of carbonyl (C=O) groups excluding carboxylic acids is 1. The molecule has 1 aromatic heterocycles. The minimum Gasteiger partial charge on any atom is -0.461 e. The SMILES string of the molecule is CNCCC(=O)OCc1ccc2c(c1)ncn2C. The number of rotatable bonds is 5. The predicted octanol–water partition coefficient (Wildman–Crippen LogP) is 1.23. The molecule has 18 heavy (non-hydrogen) atoms. The summed E-state index contributed by atoms with van der Waals surface area (Å²) in [5.41, 5.74) is 2.94. The first kappa shape index (κ1) is 12.6. The Labute approximate surface area is 106 Å². The number of benzene rings is 1. The van der Waals surface area contributed by atoms with Gasteiger partial charge in [0.15, 0.2) is 0 Å². The number of carbonyl (C=O) groups is 1. The number of hydrogen-bond donors (Lipinski definition) is 1. The van der Waals surface area contributed by atoms with E-state index in [0.29, 0.717) is 19.6 Å². The Morgan fingerprint density at radius 1 is 1.50 bits per heavy atom. The average Bonchev–Trinajstić information content (AvgIpc) is 2.75. The summed E-state index contributed by atoms with van der Waals surface area (Å²) < 4.78 is 7.13. The molecule has 0 aliphatic heterocycles. The van der Waals surface area contributed by atoms with Crippen LogP contribution in [0.15, 0.2) is 24.5 Å². The molecule has 2 rings (SSSR count). The van der Waals surface area contributed by atoms with Gasteiger partial charge in [-0.2, -0.15) is 0 Å². The van der Waals surface area contributed by atoms with Crippen molar-refractivity contribution in [2.45, 2.75) is 13.0 Å². The fourth-order valence-corrected chi connectivity index (χ4v) is 1.73. The first-order valence-electron chi connectivity index (χ1n) is 5.91. The number of nitrogens with one attached hydrogen (secondary N) is 1. The molecule has 2 aromatic rings. The lowest BCUT2D eigenvalue weighted by molar-refractivity contribution is -0.144. The van der Waals surface area contributed by atoms with Gasteiger partial charge in [-0.05, 0) is 24.7 Å². The largest absolute Gasteiger partial charge is 0.461 e. The maximum absolute atomic E-state index is 11.4. The van der Waals surface area contributed by atoms with Gasteiger partial charge in [-0.25, -0.2) is 4.98 Å². The van der Waals surface area contributed by atoms with E-state index < -0.39 is 0 Å². The van der Waals surface area contributed by atoms with Crippen molar-refractivity contribution >= 4 is 17.0 Å². The van der Waals surface area contributed by atoms with Crippen LogP contribution in [0.1, 0.15) is 12.0 Å². The quantitative estimate of drug-likeness (QED) is 0.807. The summed E-state index contributed by atoms with van der Waals surface area (Å²) in [7, 11) is 3.76. The molecule has 0 unspecified atom stereocenters. The Bertz CT molecular complexity index is 548. The second-order valence-electron chi connectivity index (χ2n) is 4.19. The minimum atomic E-state index is -0.189. The van der Waals surface area contributed by atoms with Gasteiger partial charge in [-0.1, -0.05) is 6.07 Å². The van der Waals surface area contributed by atoms with E-state index in [1.54, 1.807) is 6.33 Å². The Balaban J connectivity index is 1.97. The fourth-order valence-electron chi connectivity index (χ4n) is 1.73. The van der Waals surface area contributed by atoms with Crippen molar-refractivity contribution in [3.8, 4) is 0 Å². The van der Waals surface area contributed by atoms with Crippen LogP contribution in [0.4, 0.5) is 0 Å². The normalized spacial score (nSPS) is 10.8. The highest BCUT2D eigenvalue weighted by Gasteiger charge is 2.04. The second-order valence-corrected chi connectivity index (χ2v) is 4.19. The highest BCUT2D eigenvalue weighted by molar-refractivity contribution is 5.76. The molecule has 1 N–H and O–H groups in total. The molecule has 5 heteroatoms. The van der Waals surface area contributed by atoms with E-state index in [9.17, 15) is 4.79 Å². The molecule has 5 nitrogen and oxygen atoms in total. The Hall–Kier alpha value is -1.88. The third kappa shape index (κ3) is 2.87. The number of esters is 1. The van der Waals surface area contributed by atoms with Gasteiger partial charge in [0.1, 0.15) is 6.61 Å². The lowest BCUT2D eigenvalue weighted by Gasteiger charge is -2.05. The van der Waals surface area contributed by atoms with Crippen LogP contribution in [-0.2, 0) is 23.2 Å². The van der Waals surface area contributed by atoms with Gasteiger partial charge in [0.2, 0.25) is 0 Å². The number of nitrogens with zero attached hydrogens (tertiary/aromatic N) is 2. The molecule has 0 saturated heterocycles. The highest BCUT2D eigenvalue weighted by Crippen LogP contribution is 2.14. The van der Waals surface area contributed by atoms with Gasteiger partial charge in [-0.15, -0.1) is 0 Å². The van der Waals surface area contributed by atoms with Gasteiger partial charge in [0, 0.05) is 13.6 Å². The highest BCUT2D eigenvalue weighted by atomic mass is 16.5. The third-order valence-electron chi connectivity index (χ3n) is 2.77. The Kier molecular flexibility index (Phi) is 3.94. The molecule has 0 saturated carbocycles. The third-order valence-corrected chi connectivity index (χ3v) is 2.77. The smallest absolute Gasteiger partial charge is 0.307 e. The summed E-state index contributed by atoms with van der Waals surface area (Å²) in [5.74, 6) is -0.189. The van der Waals surface area contributed by atoms with E-state index in [-0.39, 0.29) is 5.97 Å². The first-order chi connectivity index (χ1) is 8.70. The van der Waals surface area contributed by atoms with Gasteiger partial charge in [-0.3, -0.25) is 4.79 Å². The van der Waals surface area contributed by atoms with Crippen LogP contribution >= 0.6 is 0 Å². The van der Waals surface area contributed by atoms with Crippen LogP contribution in [0, 0.1) is 0 Å². The molecule has 0 radical (unpaired) electrons. The van der Waals surface area contributed by atoms with Gasteiger partial charge < -0.3 is 14.6 Å². The summed E-state index contributed by atoms with van der Waals surface area (Å²) >= 11 is 0. The minimum absolute atomic E-state index is 0.189. The number of ether oxygens (including phenoxy) is 1. The van der Waals surface area contributed by atoms with Crippen LogP contribution in [0.3, 0.4) is 0 Å². The van der Waals surface area contributed by atoms with Crippen LogP contribution in [0.2, 0.25) is 0 Å². The van der Waals surface area contributed by atoms with E-state index in [2.05, 4.69) is 10.3 Å². The lowest BCUT2D eigenvalue weighted by atomic mass is 10.2. The van der Waals surface area contributed by atoms with Crippen molar-refractivity contribution in [3.63, 3.8) is 0 Å². The first-order valence-corrected chi connectivity index (χ1v) is 5.91. The molecule has 0 amide bonds. The summed E-state index contributed by atoms with van der Waals surface area (Å²) in [5, 5.41) is 2.91. The predicted molar refractivity (Wildman–Crippen MR) is 69.1 cm³/mol. The van der Waals surface area contributed by atoms with E-state index >= 15 is 0 Å². The van der Waals surface area contributed by atoms with Crippen molar-refractivity contribution in [1.29, 1.82) is 0 Å². The van der Waals surface area contributed by atoms with E-state index in [0.717, 1.165) is 16.6 Å². The number of imidazole rings is 1. The lowest BCUT2D eigenvalue weighted by Crippen LogP contribution is -2.14. The zero-order chi connectivity index (χ0) is 13.0. The molecule has 0 spiro atoms. The van der Waals surface area contributed by atoms with E-state index in [4.69, 9.17) is 4.74 Å². The summed E-state index contributed by atoms with van der Waals surface area (Å²) in [6, 6.07) is 5.88. The zero-order valence-corrected chi connectivity index (χ0v) is 10.6. The van der Waals surface area contributed by atoms with E-state index in [1.807, 2.05) is 36.9 Å². The molecule has 1 aromatic carbocycles. The molecule has 0 aliphatic carbocycles. The molecule has 1 heterocycles. The van der Waals surface area contributed by atoms with Crippen LogP contribution in [-0.4, -0.2) is 29.1 Å². The topological polar surface area (TPSA) is 56.1 Å². The second kappa shape index (κ2) is 5.64. The summed E-state index contributed by atoms with van der Waals surface area (Å²) in [6.07, 6.45) is 2.16. The van der Waals surface area contributed by atoms with Crippen LogP contribution in [0.5, 0.6) is 0 Å². The maximum Gasteiger partial charge on any atom is 0.307 e. The van der Waals surface area contributed by atoms with Crippen molar-refractivity contribution in [3.05, 3.63) is 30.1 Å². The van der Waals surface area contributed by atoms with Gasteiger partial charge in [0.25, 0.3) is 0 Å². The molecule has 0 bridgehead atoms. The molecule has 0 fully saturated rings. The molecular weight excluding hydrogens is 230 g/mol. The van der Waals surface area contributed by atoms with Gasteiger partial charge >= 0.3 is 5.97 Å².